The van der Waals surface area contributed by atoms with Gasteiger partial charge < -0.3 is 9.84 Å². The summed E-state index contributed by atoms with van der Waals surface area (Å²) in [6.45, 7) is 9.90. The van der Waals surface area contributed by atoms with Gasteiger partial charge in [0.15, 0.2) is 0 Å². The molecule has 0 aromatic heterocycles. The third kappa shape index (κ3) is 4.03. The van der Waals surface area contributed by atoms with Crippen molar-refractivity contribution in [2.75, 3.05) is 26.2 Å². The molecule has 106 valence electrons. The van der Waals surface area contributed by atoms with E-state index < -0.39 is 0 Å². The Morgan fingerprint density at radius 1 is 1.37 bits per heavy atom. The molecule has 1 aromatic rings. The summed E-state index contributed by atoms with van der Waals surface area (Å²) in [4.78, 5) is 2.38. The molecule has 0 amide bonds. The lowest BCUT2D eigenvalue weighted by Crippen LogP contribution is -2.48. The lowest BCUT2D eigenvalue weighted by molar-refractivity contribution is -0.0878. The lowest BCUT2D eigenvalue weighted by Gasteiger charge is -2.38. The molecule has 1 aliphatic rings. The van der Waals surface area contributed by atoms with Crippen LogP contribution in [0.3, 0.4) is 0 Å². The molecule has 1 N–H and O–H groups in total. The fourth-order valence-corrected chi connectivity index (χ4v) is 2.73. The molecule has 0 spiro atoms. The predicted octanol–water partition coefficient (Wildman–Crippen LogP) is 2.53. The summed E-state index contributed by atoms with van der Waals surface area (Å²) in [6, 6.07) is 8.07. The van der Waals surface area contributed by atoms with E-state index in [1.54, 1.807) is 0 Å². The third-order valence-corrected chi connectivity index (χ3v) is 3.77. The van der Waals surface area contributed by atoms with E-state index in [0.717, 1.165) is 43.8 Å². The van der Waals surface area contributed by atoms with Gasteiger partial charge in [-0.3, -0.25) is 4.90 Å². The molecule has 1 heterocycles. The van der Waals surface area contributed by atoms with Crippen molar-refractivity contribution in [3.63, 3.8) is 0 Å². The van der Waals surface area contributed by atoms with Crippen LogP contribution in [0.4, 0.5) is 0 Å². The van der Waals surface area contributed by atoms with Gasteiger partial charge in [0, 0.05) is 19.6 Å². The van der Waals surface area contributed by atoms with Crippen LogP contribution < -0.4 is 0 Å². The van der Waals surface area contributed by atoms with Gasteiger partial charge in [-0.15, -0.1) is 0 Å². The molecule has 0 bridgehead atoms. The van der Waals surface area contributed by atoms with Crippen LogP contribution in [0.2, 0.25) is 0 Å². The number of nitrogens with zero attached hydrogens (tertiary/aromatic N) is 1. The molecule has 1 saturated heterocycles. The Kier molecular flexibility index (Phi) is 4.61. The van der Waals surface area contributed by atoms with Gasteiger partial charge in [-0.25, -0.2) is 0 Å². The molecule has 1 atom stereocenters. The number of aliphatic hydroxyl groups is 1. The zero-order valence-electron chi connectivity index (χ0n) is 12.2. The summed E-state index contributed by atoms with van der Waals surface area (Å²) in [5.74, 6) is 0. The number of hydrogen-bond acceptors (Lipinski definition) is 3. The first kappa shape index (κ1) is 14.5. The summed E-state index contributed by atoms with van der Waals surface area (Å²) < 4.78 is 5.70. The maximum absolute atomic E-state index is 10.3. The minimum atomic E-state index is -0.368. The Labute approximate surface area is 116 Å². The van der Waals surface area contributed by atoms with Crippen LogP contribution >= 0.6 is 0 Å². The molecule has 19 heavy (non-hydrogen) atoms. The number of morpholine rings is 1. The summed E-state index contributed by atoms with van der Waals surface area (Å²) >= 11 is 0. The third-order valence-electron chi connectivity index (χ3n) is 3.77. The molecule has 3 heteroatoms. The quantitative estimate of drug-likeness (QED) is 0.906. The van der Waals surface area contributed by atoms with E-state index in [4.69, 9.17) is 4.74 Å². The number of ether oxygens (including phenoxy) is 1. The average molecular weight is 263 g/mol. The highest BCUT2D eigenvalue weighted by Crippen LogP contribution is 2.22. The Hall–Kier alpha value is -0.900. The van der Waals surface area contributed by atoms with Crippen LogP contribution in [0.15, 0.2) is 24.3 Å². The molecule has 1 aliphatic heterocycles. The van der Waals surface area contributed by atoms with Crippen LogP contribution in [-0.2, 0) is 4.74 Å². The normalized spacial score (nSPS) is 21.3. The van der Waals surface area contributed by atoms with Crippen LogP contribution in [0.1, 0.15) is 37.5 Å². The minimum absolute atomic E-state index is 0.0636. The van der Waals surface area contributed by atoms with Gasteiger partial charge in [-0.05, 0) is 38.3 Å². The van der Waals surface area contributed by atoms with Crippen LogP contribution in [0, 0.1) is 6.92 Å². The van der Waals surface area contributed by atoms with Gasteiger partial charge in [0.25, 0.3) is 0 Å². The van der Waals surface area contributed by atoms with E-state index in [-0.39, 0.29) is 11.7 Å². The van der Waals surface area contributed by atoms with Crippen molar-refractivity contribution >= 4 is 0 Å². The predicted molar refractivity (Wildman–Crippen MR) is 77.2 cm³/mol. The first-order chi connectivity index (χ1) is 8.98. The minimum Gasteiger partial charge on any atom is -0.388 e. The SMILES string of the molecule is Cc1ccccc1C(O)CCN1CCOC(C)(C)C1. The van der Waals surface area contributed by atoms with Gasteiger partial charge >= 0.3 is 0 Å². The van der Waals surface area contributed by atoms with Crippen LogP contribution in [0.25, 0.3) is 0 Å². The van der Waals surface area contributed by atoms with Crippen molar-refractivity contribution in [3.8, 4) is 0 Å². The molecule has 3 nitrogen and oxygen atoms in total. The zero-order chi connectivity index (χ0) is 13.9. The van der Waals surface area contributed by atoms with Gasteiger partial charge in [-0.1, -0.05) is 24.3 Å². The van der Waals surface area contributed by atoms with Crippen LogP contribution in [0.5, 0.6) is 0 Å². The lowest BCUT2D eigenvalue weighted by atomic mass is 10.0. The van der Waals surface area contributed by atoms with Crippen molar-refractivity contribution in [2.24, 2.45) is 0 Å². The second-order valence-corrected chi connectivity index (χ2v) is 6.05. The number of aryl methyl sites for hydroxylation is 1. The van der Waals surface area contributed by atoms with Crippen molar-refractivity contribution in [1.29, 1.82) is 0 Å². The highest BCUT2D eigenvalue weighted by molar-refractivity contribution is 5.27. The molecule has 1 aromatic carbocycles. The fraction of sp³-hybridized carbons (Fsp3) is 0.625. The molecular formula is C16H25NO2. The Balaban J connectivity index is 1.87. The van der Waals surface area contributed by atoms with Crippen molar-refractivity contribution < 1.29 is 9.84 Å². The first-order valence-corrected chi connectivity index (χ1v) is 7.08. The van der Waals surface area contributed by atoms with Crippen LogP contribution in [-0.4, -0.2) is 41.8 Å². The molecule has 0 aliphatic carbocycles. The Morgan fingerprint density at radius 3 is 2.79 bits per heavy atom. The number of aliphatic hydroxyl groups excluding tert-OH is 1. The van der Waals surface area contributed by atoms with E-state index in [1.807, 2.05) is 18.2 Å². The summed E-state index contributed by atoms with van der Waals surface area (Å²) in [5, 5.41) is 10.3. The number of benzene rings is 1. The smallest absolute Gasteiger partial charge is 0.0804 e. The van der Waals surface area contributed by atoms with Crippen molar-refractivity contribution in [2.45, 2.75) is 38.9 Å². The standard InChI is InChI=1S/C16H25NO2/c1-13-6-4-5-7-14(13)15(18)8-9-17-10-11-19-16(2,3)12-17/h4-7,15,18H,8-12H2,1-3H3. The van der Waals surface area contributed by atoms with Crippen molar-refractivity contribution in [1.82, 2.24) is 4.90 Å². The van der Waals surface area contributed by atoms with Gasteiger partial charge in [-0.2, -0.15) is 0 Å². The molecule has 0 saturated carbocycles. The van der Waals surface area contributed by atoms with E-state index in [2.05, 4.69) is 31.7 Å². The highest BCUT2D eigenvalue weighted by Gasteiger charge is 2.27. The topological polar surface area (TPSA) is 32.7 Å². The summed E-state index contributed by atoms with van der Waals surface area (Å²) in [7, 11) is 0. The molecule has 0 radical (unpaired) electrons. The van der Waals surface area contributed by atoms with Gasteiger partial charge in [0.05, 0.1) is 18.3 Å². The average Bonchev–Trinajstić information content (AvgIpc) is 2.35. The highest BCUT2D eigenvalue weighted by atomic mass is 16.5. The summed E-state index contributed by atoms with van der Waals surface area (Å²) in [5.41, 5.74) is 2.15. The van der Waals surface area contributed by atoms with Gasteiger partial charge in [0.1, 0.15) is 0 Å². The number of rotatable bonds is 4. The second kappa shape index (κ2) is 6.04. The second-order valence-electron chi connectivity index (χ2n) is 6.05. The largest absolute Gasteiger partial charge is 0.388 e. The van der Waals surface area contributed by atoms with E-state index in [9.17, 15) is 5.11 Å². The van der Waals surface area contributed by atoms with E-state index in [0.29, 0.717) is 0 Å². The molecule has 2 rings (SSSR count). The first-order valence-electron chi connectivity index (χ1n) is 7.08. The number of hydrogen-bond donors (Lipinski definition) is 1. The molecule has 1 fully saturated rings. The van der Waals surface area contributed by atoms with E-state index >= 15 is 0 Å². The maximum Gasteiger partial charge on any atom is 0.0804 e. The Bertz CT molecular complexity index is 417. The fourth-order valence-electron chi connectivity index (χ4n) is 2.73. The monoisotopic (exact) mass is 263 g/mol. The molecular weight excluding hydrogens is 238 g/mol. The van der Waals surface area contributed by atoms with Crippen molar-refractivity contribution in [3.05, 3.63) is 35.4 Å². The maximum atomic E-state index is 10.3. The van der Waals surface area contributed by atoms with E-state index in [1.165, 1.54) is 0 Å². The summed E-state index contributed by atoms with van der Waals surface area (Å²) in [6.07, 6.45) is 0.410. The Morgan fingerprint density at radius 2 is 2.11 bits per heavy atom. The zero-order valence-corrected chi connectivity index (χ0v) is 12.2. The van der Waals surface area contributed by atoms with Gasteiger partial charge in [0.2, 0.25) is 0 Å². The molecule has 1 unspecified atom stereocenters.